The second-order valence-electron chi connectivity index (χ2n) is 5.91. The molecule has 2 atom stereocenters. The number of nitrogens with zero attached hydrogens (tertiary/aromatic N) is 1. The highest BCUT2D eigenvalue weighted by Gasteiger charge is 2.25. The number of rotatable bonds is 6. The molecule has 1 aromatic rings. The summed E-state index contributed by atoms with van der Waals surface area (Å²) in [6.45, 7) is 7.53. The van der Waals surface area contributed by atoms with Crippen molar-refractivity contribution in [2.75, 3.05) is 20.1 Å². The third kappa shape index (κ3) is 4.08. The molecule has 1 fully saturated rings. The molecule has 1 aliphatic rings. The molecule has 1 aliphatic carbocycles. The lowest BCUT2D eigenvalue weighted by Gasteiger charge is -2.34. The zero-order chi connectivity index (χ0) is 13.7. The smallest absolute Gasteiger partial charge is 0.105 e. The van der Waals surface area contributed by atoms with E-state index in [1.165, 1.54) is 37.8 Å². The number of aryl methyl sites for hydroxylation is 1. The SMILES string of the molecule is CCNC1CCCCC1CN(C)Cc1ccoc1C. The highest BCUT2D eigenvalue weighted by atomic mass is 16.3. The van der Waals surface area contributed by atoms with Gasteiger partial charge in [0, 0.05) is 24.7 Å². The average Bonchev–Trinajstić information content (AvgIpc) is 2.78. The van der Waals surface area contributed by atoms with Crippen molar-refractivity contribution < 1.29 is 4.42 Å². The van der Waals surface area contributed by atoms with Gasteiger partial charge in [0.2, 0.25) is 0 Å². The Hall–Kier alpha value is -0.800. The minimum absolute atomic E-state index is 0.714. The zero-order valence-corrected chi connectivity index (χ0v) is 12.6. The predicted molar refractivity (Wildman–Crippen MR) is 79.2 cm³/mol. The van der Waals surface area contributed by atoms with Gasteiger partial charge >= 0.3 is 0 Å². The maximum atomic E-state index is 5.38. The fraction of sp³-hybridized carbons (Fsp3) is 0.750. The third-order valence-electron chi connectivity index (χ3n) is 4.33. The fourth-order valence-corrected chi connectivity index (χ4v) is 3.29. The predicted octanol–water partition coefficient (Wildman–Crippen LogP) is 3.19. The summed E-state index contributed by atoms with van der Waals surface area (Å²) in [6, 6.07) is 2.81. The van der Waals surface area contributed by atoms with Gasteiger partial charge in [0.05, 0.1) is 6.26 Å². The van der Waals surface area contributed by atoms with Gasteiger partial charge in [-0.05, 0) is 45.3 Å². The second kappa shape index (κ2) is 7.11. The first kappa shape index (κ1) is 14.6. The maximum absolute atomic E-state index is 5.38. The summed E-state index contributed by atoms with van der Waals surface area (Å²) in [5.41, 5.74) is 1.32. The van der Waals surface area contributed by atoms with Crippen LogP contribution in [-0.4, -0.2) is 31.1 Å². The third-order valence-corrected chi connectivity index (χ3v) is 4.33. The first-order chi connectivity index (χ1) is 9.20. The van der Waals surface area contributed by atoms with Gasteiger partial charge in [-0.1, -0.05) is 19.8 Å². The molecule has 0 aliphatic heterocycles. The van der Waals surface area contributed by atoms with Gasteiger partial charge in [-0.25, -0.2) is 0 Å². The van der Waals surface area contributed by atoms with E-state index in [9.17, 15) is 0 Å². The molecule has 0 amide bonds. The van der Waals surface area contributed by atoms with E-state index in [1.54, 1.807) is 6.26 Å². The van der Waals surface area contributed by atoms with Gasteiger partial charge < -0.3 is 14.6 Å². The molecule has 2 rings (SSSR count). The standard InChI is InChI=1S/C16H28N2O/c1-4-17-16-8-6-5-7-15(16)12-18(3)11-14-9-10-19-13(14)2/h9-10,15-17H,4-8,11-12H2,1-3H3. The van der Waals surface area contributed by atoms with Crippen molar-refractivity contribution >= 4 is 0 Å². The molecule has 0 radical (unpaired) electrons. The molecule has 2 unspecified atom stereocenters. The Bertz CT molecular complexity index is 373. The normalized spacial score (nSPS) is 24.0. The Labute approximate surface area is 117 Å². The minimum atomic E-state index is 0.714. The van der Waals surface area contributed by atoms with E-state index in [-0.39, 0.29) is 0 Å². The van der Waals surface area contributed by atoms with E-state index >= 15 is 0 Å². The Kier molecular flexibility index (Phi) is 5.46. The summed E-state index contributed by atoms with van der Waals surface area (Å²) >= 11 is 0. The monoisotopic (exact) mass is 264 g/mol. The number of hydrogen-bond donors (Lipinski definition) is 1. The van der Waals surface area contributed by atoms with Crippen LogP contribution in [0.25, 0.3) is 0 Å². The molecular weight excluding hydrogens is 236 g/mol. The summed E-state index contributed by atoms with van der Waals surface area (Å²) < 4.78 is 5.38. The second-order valence-corrected chi connectivity index (χ2v) is 5.91. The Morgan fingerprint density at radius 3 is 2.84 bits per heavy atom. The molecule has 108 valence electrons. The number of furan rings is 1. The topological polar surface area (TPSA) is 28.4 Å². The van der Waals surface area contributed by atoms with Crippen LogP contribution in [-0.2, 0) is 6.54 Å². The Morgan fingerprint density at radius 1 is 1.37 bits per heavy atom. The van der Waals surface area contributed by atoms with Crippen molar-refractivity contribution in [1.82, 2.24) is 10.2 Å². The van der Waals surface area contributed by atoms with Crippen molar-refractivity contribution in [2.45, 2.75) is 52.1 Å². The van der Waals surface area contributed by atoms with E-state index < -0.39 is 0 Å². The van der Waals surface area contributed by atoms with Crippen molar-refractivity contribution in [1.29, 1.82) is 0 Å². The van der Waals surface area contributed by atoms with Crippen LogP contribution in [0.3, 0.4) is 0 Å². The van der Waals surface area contributed by atoms with Gasteiger partial charge in [0.15, 0.2) is 0 Å². The fourth-order valence-electron chi connectivity index (χ4n) is 3.29. The molecule has 0 saturated heterocycles. The molecule has 1 aromatic heterocycles. The average molecular weight is 264 g/mol. The highest BCUT2D eigenvalue weighted by molar-refractivity contribution is 5.15. The molecule has 0 aromatic carbocycles. The highest BCUT2D eigenvalue weighted by Crippen LogP contribution is 2.25. The molecule has 19 heavy (non-hydrogen) atoms. The van der Waals surface area contributed by atoms with Gasteiger partial charge in [0.1, 0.15) is 5.76 Å². The quantitative estimate of drug-likeness (QED) is 0.855. The van der Waals surface area contributed by atoms with Crippen molar-refractivity contribution in [3.8, 4) is 0 Å². The first-order valence-corrected chi connectivity index (χ1v) is 7.65. The van der Waals surface area contributed by atoms with Crippen LogP contribution >= 0.6 is 0 Å². The zero-order valence-electron chi connectivity index (χ0n) is 12.6. The van der Waals surface area contributed by atoms with E-state index in [2.05, 4.69) is 30.3 Å². The Balaban J connectivity index is 1.86. The summed E-state index contributed by atoms with van der Waals surface area (Å²) in [4.78, 5) is 2.44. The summed E-state index contributed by atoms with van der Waals surface area (Å²) in [7, 11) is 2.23. The maximum Gasteiger partial charge on any atom is 0.105 e. The van der Waals surface area contributed by atoms with Crippen molar-refractivity contribution in [3.63, 3.8) is 0 Å². The lowest BCUT2D eigenvalue weighted by Crippen LogP contribution is -2.43. The first-order valence-electron chi connectivity index (χ1n) is 7.65. The summed E-state index contributed by atoms with van der Waals surface area (Å²) in [5.74, 6) is 1.85. The minimum Gasteiger partial charge on any atom is -0.469 e. The van der Waals surface area contributed by atoms with E-state index in [1.807, 2.05) is 6.92 Å². The Morgan fingerprint density at radius 2 is 2.16 bits per heavy atom. The summed E-state index contributed by atoms with van der Waals surface area (Å²) in [5, 5.41) is 3.66. The molecule has 1 saturated carbocycles. The molecular formula is C16H28N2O. The van der Waals surface area contributed by atoms with Crippen LogP contribution < -0.4 is 5.32 Å². The van der Waals surface area contributed by atoms with Crippen LogP contribution in [0, 0.1) is 12.8 Å². The molecule has 3 heteroatoms. The van der Waals surface area contributed by atoms with Gasteiger partial charge in [-0.3, -0.25) is 0 Å². The van der Waals surface area contributed by atoms with Gasteiger partial charge in [-0.15, -0.1) is 0 Å². The molecule has 0 bridgehead atoms. The van der Waals surface area contributed by atoms with Crippen molar-refractivity contribution in [2.24, 2.45) is 5.92 Å². The van der Waals surface area contributed by atoms with Crippen LogP contribution in [0.2, 0.25) is 0 Å². The largest absolute Gasteiger partial charge is 0.469 e. The lowest BCUT2D eigenvalue weighted by molar-refractivity contribution is 0.186. The van der Waals surface area contributed by atoms with Gasteiger partial charge in [-0.2, -0.15) is 0 Å². The van der Waals surface area contributed by atoms with Crippen LogP contribution in [0.15, 0.2) is 16.7 Å². The lowest BCUT2D eigenvalue weighted by atomic mass is 9.84. The van der Waals surface area contributed by atoms with E-state index in [0.29, 0.717) is 6.04 Å². The van der Waals surface area contributed by atoms with Crippen LogP contribution in [0.4, 0.5) is 0 Å². The number of nitrogens with one attached hydrogen (secondary N) is 1. The van der Waals surface area contributed by atoms with E-state index in [0.717, 1.165) is 24.8 Å². The summed E-state index contributed by atoms with van der Waals surface area (Å²) in [6.07, 6.45) is 7.29. The molecule has 1 heterocycles. The van der Waals surface area contributed by atoms with Crippen LogP contribution in [0.5, 0.6) is 0 Å². The van der Waals surface area contributed by atoms with Crippen LogP contribution in [0.1, 0.15) is 43.9 Å². The van der Waals surface area contributed by atoms with Crippen molar-refractivity contribution in [3.05, 3.63) is 23.7 Å². The van der Waals surface area contributed by atoms with E-state index in [4.69, 9.17) is 4.42 Å². The molecule has 1 N–H and O–H groups in total. The molecule has 3 nitrogen and oxygen atoms in total. The number of hydrogen-bond acceptors (Lipinski definition) is 3. The van der Waals surface area contributed by atoms with Gasteiger partial charge in [0.25, 0.3) is 0 Å². The molecule has 0 spiro atoms.